The fourth-order valence-electron chi connectivity index (χ4n) is 3.02. The zero-order chi connectivity index (χ0) is 17.6. The first-order valence-corrected chi connectivity index (χ1v) is 9.21. The molecule has 2 heterocycles. The van der Waals surface area contributed by atoms with Gasteiger partial charge in [-0.05, 0) is 25.0 Å². The molecule has 1 aromatic carbocycles. The van der Waals surface area contributed by atoms with Crippen LogP contribution >= 0.6 is 11.3 Å². The Morgan fingerprint density at radius 2 is 2.08 bits per heavy atom. The van der Waals surface area contributed by atoms with Crippen molar-refractivity contribution in [1.82, 2.24) is 10.3 Å². The minimum Gasteiger partial charge on any atom is -0.495 e. The molecule has 0 spiro atoms. The van der Waals surface area contributed by atoms with Crippen LogP contribution in [0.4, 0.5) is 5.69 Å². The van der Waals surface area contributed by atoms with Crippen LogP contribution in [-0.4, -0.2) is 44.2 Å². The number of nitrogens with one attached hydrogen (secondary N) is 1. The molecule has 1 N–H and O–H groups in total. The van der Waals surface area contributed by atoms with Gasteiger partial charge in [-0.1, -0.05) is 12.1 Å². The SMILES string of the molecule is COCc1nc(C(=O)NC2CCN(c3ccccc3OC)CC2)cs1. The van der Waals surface area contributed by atoms with Crippen molar-refractivity contribution in [3.63, 3.8) is 0 Å². The molecule has 1 amide bonds. The van der Waals surface area contributed by atoms with E-state index < -0.39 is 0 Å². The molecule has 7 heteroatoms. The lowest BCUT2D eigenvalue weighted by Crippen LogP contribution is -2.44. The van der Waals surface area contributed by atoms with E-state index in [1.165, 1.54) is 11.3 Å². The minimum atomic E-state index is -0.102. The Balaban J connectivity index is 1.54. The van der Waals surface area contributed by atoms with Gasteiger partial charge in [0, 0.05) is 31.6 Å². The molecule has 1 saturated heterocycles. The molecule has 0 atom stereocenters. The highest BCUT2D eigenvalue weighted by molar-refractivity contribution is 7.09. The van der Waals surface area contributed by atoms with Crippen molar-refractivity contribution in [3.8, 4) is 5.75 Å². The average Bonchev–Trinajstić information content (AvgIpc) is 3.11. The van der Waals surface area contributed by atoms with Crippen LogP contribution in [0.1, 0.15) is 28.3 Å². The molecule has 3 rings (SSSR count). The summed E-state index contributed by atoms with van der Waals surface area (Å²) in [5, 5.41) is 5.70. The summed E-state index contributed by atoms with van der Waals surface area (Å²) < 4.78 is 10.5. The third-order valence-corrected chi connectivity index (χ3v) is 5.13. The number of anilines is 1. The van der Waals surface area contributed by atoms with Crippen LogP contribution in [0, 0.1) is 0 Å². The van der Waals surface area contributed by atoms with E-state index in [9.17, 15) is 4.79 Å². The monoisotopic (exact) mass is 361 g/mol. The molecule has 134 valence electrons. The number of methoxy groups -OCH3 is 2. The predicted octanol–water partition coefficient (Wildman–Crippen LogP) is 2.70. The second kappa shape index (κ2) is 8.31. The number of thiazole rings is 1. The first-order chi connectivity index (χ1) is 12.2. The van der Waals surface area contributed by atoms with Gasteiger partial charge in [0.2, 0.25) is 0 Å². The van der Waals surface area contributed by atoms with Gasteiger partial charge in [0.25, 0.3) is 5.91 Å². The highest BCUT2D eigenvalue weighted by Crippen LogP contribution is 2.29. The van der Waals surface area contributed by atoms with Gasteiger partial charge >= 0.3 is 0 Å². The van der Waals surface area contributed by atoms with Crippen molar-refractivity contribution in [1.29, 1.82) is 0 Å². The van der Waals surface area contributed by atoms with Crippen molar-refractivity contribution in [2.75, 3.05) is 32.2 Å². The Kier molecular flexibility index (Phi) is 5.88. The largest absolute Gasteiger partial charge is 0.495 e. The molecule has 0 bridgehead atoms. The zero-order valence-electron chi connectivity index (χ0n) is 14.5. The number of hydrogen-bond acceptors (Lipinski definition) is 6. The van der Waals surface area contributed by atoms with E-state index >= 15 is 0 Å². The topological polar surface area (TPSA) is 63.7 Å². The van der Waals surface area contributed by atoms with Gasteiger partial charge in [0.1, 0.15) is 16.5 Å². The van der Waals surface area contributed by atoms with Gasteiger partial charge < -0.3 is 19.7 Å². The van der Waals surface area contributed by atoms with E-state index in [2.05, 4.69) is 21.3 Å². The van der Waals surface area contributed by atoms with E-state index in [1.807, 2.05) is 18.2 Å². The van der Waals surface area contributed by atoms with Crippen LogP contribution in [0.5, 0.6) is 5.75 Å². The number of nitrogens with zero attached hydrogens (tertiary/aromatic N) is 2. The highest BCUT2D eigenvalue weighted by Gasteiger charge is 2.23. The van der Waals surface area contributed by atoms with Crippen LogP contribution < -0.4 is 15.0 Å². The number of carbonyl (C=O) groups excluding carboxylic acids is 1. The maximum Gasteiger partial charge on any atom is 0.270 e. The van der Waals surface area contributed by atoms with Crippen LogP contribution in [-0.2, 0) is 11.3 Å². The Morgan fingerprint density at radius 3 is 2.80 bits per heavy atom. The normalized spacial score (nSPS) is 15.2. The molecule has 2 aromatic rings. The molecule has 0 saturated carbocycles. The van der Waals surface area contributed by atoms with Gasteiger partial charge in [0.05, 0.1) is 19.4 Å². The third kappa shape index (κ3) is 4.29. The second-order valence-electron chi connectivity index (χ2n) is 5.97. The summed E-state index contributed by atoms with van der Waals surface area (Å²) in [5.41, 5.74) is 1.59. The van der Waals surface area contributed by atoms with E-state index in [1.54, 1.807) is 19.6 Å². The first-order valence-electron chi connectivity index (χ1n) is 8.33. The van der Waals surface area contributed by atoms with Gasteiger partial charge in [-0.15, -0.1) is 11.3 Å². The van der Waals surface area contributed by atoms with E-state index in [-0.39, 0.29) is 11.9 Å². The van der Waals surface area contributed by atoms with Crippen LogP contribution in [0.25, 0.3) is 0 Å². The number of carbonyl (C=O) groups is 1. The summed E-state index contributed by atoms with van der Waals surface area (Å²) in [4.78, 5) is 19.0. The van der Waals surface area contributed by atoms with Gasteiger partial charge in [-0.25, -0.2) is 4.98 Å². The molecular weight excluding hydrogens is 338 g/mol. The van der Waals surface area contributed by atoms with Crippen molar-refractivity contribution >= 4 is 22.9 Å². The van der Waals surface area contributed by atoms with Crippen molar-refractivity contribution in [3.05, 3.63) is 40.3 Å². The van der Waals surface area contributed by atoms with Crippen molar-refractivity contribution in [2.45, 2.75) is 25.5 Å². The molecule has 0 unspecified atom stereocenters. The van der Waals surface area contributed by atoms with Gasteiger partial charge in [-0.3, -0.25) is 4.79 Å². The molecule has 1 aromatic heterocycles. The molecule has 0 radical (unpaired) electrons. The maximum atomic E-state index is 12.3. The molecule has 1 fully saturated rings. The minimum absolute atomic E-state index is 0.102. The van der Waals surface area contributed by atoms with Crippen molar-refractivity contribution < 1.29 is 14.3 Å². The lowest BCUT2D eigenvalue weighted by Gasteiger charge is -2.34. The first kappa shape index (κ1) is 17.7. The third-order valence-electron chi connectivity index (χ3n) is 4.31. The summed E-state index contributed by atoms with van der Waals surface area (Å²) in [6, 6.07) is 8.21. The molecule has 1 aliphatic rings. The number of amides is 1. The summed E-state index contributed by atoms with van der Waals surface area (Å²) in [6.07, 6.45) is 1.80. The standard InChI is InChI=1S/C18H23N3O3S/c1-23-11-17-20-14(12-25-17)18(22)19-13-7-9-21(10-8-13)15-5-3-4-6-16(15)24-2/h3-6,12-13H,7-11H2,1-2H3,(H,19,22). The van der Waals surface area contributed by atoms with Gasteiger partial charge in [-0.2, -0.15) is 0 Å². The molecule has 1 aliphatic heterocycles. The second-order valence-corrected chi connectivity index (χ2v) is 6.91. The zero-order valence-corrected chi connectivity index (χ0v) is 15.3. The van der Waals surface area contributed by atoms with Crippen LogP contribution in [0.15, 0.2) is 29.6 Å². The summed E-state index contributed by atoms with van der Waals surface area (Å²) in [6.45, 7) is 2.21. The number of piperidine rings is 1. The molecule has 0 aliphatic carbocycles. The van der Waals surface area contributed by atoms with E-state index in [0.29, 0.717) is 12.3 Å². The summed E-state index contributed by atoms with van der Waals surface area (Å²) >= 11 is 1.45. The number of rotatable bonds is 6. The molecule has 6 nitrogen and oxygen atoms in total. The maximum absolute atomic E-state index is 12.3. The molecular formula is C18H23N3O3S. The number of ether oxygens (including phenoxy) is 2. The Labute approximate surface area is 151 Å². The van der Waals surface area contributed by atoms with E-state index in [0.717, 1.165) is 42.4 Å². The fourth-order valence-corrected chi connectivity index (χ4v) is 3.76. The van der Waals surface area contributed by atoms with Crippen LogP contribution in [0.3, 0.4) is 0 Å². The average molecular weight is 361 g/mol. The smallest absolute Gasteiger partial charge is 0.270 e. The van der Waals surface area contributed by atoms with Crippen molar-refractivity contribution in [2.24, 2.45) is 0 Å². The number of aromatic nitrogens is 1. The molecule has 25 heavy (non-hydrogen) atoms. The Morgan fingerprint density at radius 1 is 1.32 bits per heavy atom. The number of para-hydroxylation sites is 2. The Hall–Kier alpha value is -2.12. The van der Waals surface area contributed by atoms with E-state index in [4.69, 9.17) is 9.47 Å². The number of benzene rings is 1. The fraction of sp³-hybridized carbons (Fsp3) is 0.444. The quantitative estimate of drug-likeness (QED) is 0.857. The summed E-state index contributed by atoms with van der Waals surface area (Å²) in [5.74, 6) is 0.785. The Bertz CT molecular complexity index is 711. The van der Waals surface area contributed by atoms with Gasteiger partial charge in [0.15, 0.2) is 0 Å². The number of hydrogen-bond donors (Lipinski definition) is 1. The predicted molar refractivity (Wildman–Crippen MR) is 98.5 cm³/mol. The lowest BCUT2D eigenvalue weighted by molar-refractivity contribution is 0.0926. The van der Waals surface area contributed by atoms with Crippen LogP contribution in [0.2, 0.25) is 0 Å². The lowest BCUT2D eigenvalue weighted by atomic mass is 10.0. The highest BCUT2D eigenvalue weighted by atomic mass is 32.1. The summed E-state index contributed by atoms with van der Waals surface area (Å²) in [7, 11) is 3.31.